The van der Waals surface area contributed by atoms with Gasteiger partial charge in [-0.3, -0.25) is 23.9 Å². The summed E-state index contributed by atoms with van der Waals surface area (Å²) in [7, 11) is 0. The number of hydrogen-bond donors (Lipinski definition) is 1. The van der Waals surface area contributed by atoms with Crippen LogP contribution in [-0.2, 0) is 0 Å². The largest absolute Gasteiger partial charge is 0.476 e. The van der Waals surface area contributed by atoms with Crippen molar-refractivity contribution in [3.05, 3.63) is 100 Å². The molecule has 1 aliphatic heterocycles. The van der Waals surface area contributed by atoms with Crippen LogP contribution < -0.4 is 10.3 Å². The smallest absolute Gasteiger partial charge is 0.429 e. The van der Waals surface area contributed by atoms with Crippen molar-refractivity contribution >= 4 is 11.6 Å². The number of H-pyrrole nitrogens is 1. The number of carbonyl (C=O) groups is 1. The molecule has 0 saturated carbocycles. The Morgan fingerprint density at radius 1 is 1.07 bits per heavy atom. The summed E-state index contributed by atoms with van der Waals surface area (Å²) in [4.78, 5) is 40.3. The number of hydrogen-bond acceptors (Lipinski definition) is 6. The number of aromatic amines is 1. The first-order valence-corrected chi connectivity index (χ1v) is 13.8. The lowest BCUT2D eigenvalue weighted by Crippen LogP contribution is -2.58. The summed E-state index contributed by atoms with van der Waals surface area (Å²) >= 11 is 0. The quantitative estimate of drug-likeness (QED) is 0.243. The van der Waals surface area contributed by atoms with Gasteiger partial charge in [-0.1, -0.05) is 30.3 Å². The van der Waals surface area contributed by atoms with Crippen molar-refractivity contribution in [1.82, 2.24) is 29.5 Å². The van der Waals surface area contributed by atoms with Gasteiger partial charge < -0.3 is 14.6 Å². The Balaban J connectivity index is 1.40. The van der Waals surface area contributed by atoms with Gasteiger partial charge >= 0.3 is 6.18 Å². The number of nitrogens with zero attached hydrogens (tertiary/aromatic N) is 5. The standard InChI is InChI=1S/C31H26F4N6O3/c1-17-26(37-13-12-36-17)27-25(30(43)40-16-21(15-32)18(40)2)29-38-23(14-24(42)41(29)39-27)19-8-10-22(11-9-19)44-28(31(33,34)35)20-6-4-3-5-7-20/h3-14,18,21,28,38H,15-16H2,1-2H3. The molecule has 6 rings (SSSR count). The minimum absolute atomic E-state index is 0.0295. The Bertz CT molecular complexity index is 1890. The maximum Gasteiger partial charge on any atom is 0.429 e. The Morgan fingerprint density at radius 2 is 1.77 bits per heavy atom. The lowest BCUT2D eigenvalue weighted by atomic mass is 9.90. The molecular formula is C31H26F4N6O3. The third kappa shape index (κ3) is 5.18. The van der Waals surface area contributed by atoms with Gasteiger partial charge in [-0.2, -0.15) is 22.8 Å². The van der Waals surface area contributed by atoms with Crippen LogP contribution >= 0.6 is 0 Å². The number of benzene rings is 2. The molecular weight excluding hydrogens is 580 g/mol. The summed E-state index contributed by atoms with van der Waals surface area (Å²) in [5.74, 6) is -0.775. The normalized spacial score (nSPS) is 17.4. The number of nitrogens with one attached hydrogen (secondary N) is 1. The van der Waals surface area contributed by atoms with Crippen molar-refractivity contribution in [3.8, 4) is 28.4 Å². The van der Waals surface area contributed by atoms with Gasteiger partial charge in [-0.05, 0) is 43.7 Å². The zero-order valence-corrected chi connectivity index (χ0v) is 23.5. The molecule has 0 spiro atoms. The zero-order chi connectivity index (χ0) is 31.2. The lowest BCUT2D eigenvalue weighted by molar-refractivity contribution is -0.198. The van der Waals surface area contributed by atoms with E-state index >= 15 is 0 Å². The number of amides is 1. The van der Waals surface area contributed by atoms with Gasteiger partial charge in [0.25, 0.3) is 11.5 Å². The fourth-order valence-electron chi connectivity index (χ4n) is 5.28. The highest BCUT2D eigenvalue weighted by Gasteiger charge is 2.43. The summed E-state index contributed by atoms with van der Waals surface area (Å²) in [6.45, 7) is 3.10. The van der Waals surface area contributed by atoms with E-state index in [-0.39, 0.29) is 46.7 Å². The van der Waals surface area contributed by atoms with Crippen molar-refractivity contribution in [3.63, 3.8) is 0 Å². The highest BCUT2D eigenvalue weighted by atomic mass is 19.4. The number of ether oxygens (including phenoxy) is 1. The maximum atomic E-state index is 13.9. The second-order valence-corrected chi connectivity index (χ2v) is 10.6. The van der Waals surface area contributed by atoms with E-state index in [0.717, 1.165) is 4.52 Å². The van der Waals surface area contributed by atoms with Crippen LogP contribution in [-0.4, -0.2) is 60.8 Å². The number of fused-ring (bicyclic) bond motifs is 1. The van der Waals surface area contributed by atoms with Crippen LogP contribution in [0.3, 0.4) is 0 Å². The molecule has 9 nitrogen and oxygen atoms in total. The van der Waals surface area contributed by atoms with Gasteiger partial charge in [0.05, 0.1) is 18.1 Å². The van der Waals surface area contributed by atoms with Crippen LogP contribution in [0.5, 0.6) is 5.75 Å². The predicted molar refractivity (Wildman–Crippen MR) is 153 cm³/mol. The molecule has 0 bridgehead atoms. The van der Waals surface area contributed by atoms with Crippen LogP contribution in [0.25, 0.3) is 28.3 Å². The molecule has 1 fully saturated rings. The molecule has 3 unspecified atom stereocenters. The number of likely N-dealkylation sites (tertiary alicyclic amines) is 1. The summed E-state index contributed by atoms with van der Waals surface area (Å²) in [5.41, 5.74) is 1.25. The summed E-state index contributed by atoms with van der Waals surface area (Å²) in [6.07, 6.45) is -3.88. The zero-order valence-electron chi connectivity index (χ0n) is 23.5. The van der Waals surface area contributed by atoms with E-state index in [1.807, 2.05) is 0 Å². The minimum Gasteiger partial charge on any atom is -0.476 e. The molecule has 1 saturated heterocycles. The van der Waals surface area contributed by atoms with Crippen LogP contribution in [0.1, 0.15) is 34.6 Å². The second-order valence-electron chi connectivity index (χ2n) is 10.6. The van der Waals surface area contributed by atoms with Gasteiger partial charge in [-0.15, -0.1) is 0 Å². The molecule has 1 amide bonds. The van der Waals surface area contributed by atoms with Crippen molar-refractivity contribution in [2.45, 2.75) is 32.2 Å². The average Bonchev–Trinajstić information content (AvgIpc) is 3.39. The topological polar surface area (TPSA) is 105 Å². The highest BCUT2D eigenvalue weighted by Crippen LogP contribution is 2.37. The summed E-state index contributed by atoms with van der Waals surface area (Å²) in [6, 6.07) is 14.0. The number of alkyl halides is 4. The van der Waals surface area contributed by atoms with E-state index in [4.69, 9.17) is 4.74 Å². The molecule has 3 aromatic heterocycles. The van der Waals surface area contributed by atoms with Gasteiger partial charge in [0.15, 0.2) is 5.65 Å². The van der Waals surface area contributed by atoms with E-state index in [2.05, 4.69) is 20.1 Å². The molecule has 226 valence electrons. The SMILES string of the molecule is Cc1nccnc1-c1nn2c(=O)cc(-c3ccc(OC(c4ccccc4)C(F)(F)F)cc3)[nH]c2c1C(=O)N1CC(CF)C1C. The minimum atomic E-state index is -4.65. The molecule has 4 heterocycles. The first kappa shape index (κ1) is 29.0. The number of aryl methyl sites for hydroxylation is 1. The molecule has 2 aromatic carbocycles. The van der Waals surface area contributed by atoms with Crippen molar-refractivity contribution in [2.75, 3.05) is 13.2 Å². The molecule has 0 radical (unpaired) electrons. The van der Waals surface area contributed by atoms with Crippen molar-refractivity contribution < 1.29 is 27.1 Å². The second kappa shape index (κ2) is 11.2. The van der Waals surface area contributed by atoms with E-state index in [9.17, 15) is 27.2 Å². The first-order valence-electron chi connectivity index (χ1n) is 13.8. The van der Waals surface area contributed by atoms with Gasteiger partial charge in [0.2, 0.25) is 6.10 Å². The first-order chi connectivity index (χ1) is 21.1. The molecule has 0 aliphatic carbocycles. The van der Waals surface area contributed by atoms with Crippen molar-refractivity contribution in [1.29, 1.82) is 0 Å². The van der Waals surface area contributed by atoms with E-state index < -0.39 is 30.4 Å². The third-order valence-electron chi connectivity index (χ3n) is 7.82. The highest BCUT2D eigenvalue weighted by molar-refractivity contribution is 6.06. The number of halogens is 4. The molecule has 5 aromatic rings. The van der Waals surface area contributed by atoms with Crippen LogP contribution in [0.4, 0.5) is 17.6 Å². The molecule has 44 heavy (non-hydrogen) atoms. The van der Waals surface area contributed by atoms with Gasteiger partial charge in [0, 0.05) is 42.5 Å². The van der Waals surface area contributed by atoms with Crippen LogP contribution in [0, 0.1) is 12.8 Å². The van der Waals surface area contributed by atoms with Gasteiger partial charge in [-0.25, -0.2) is 0 Å². The molecule has 3 atom stereocenters. The van der Waals surface area contributed by atoms with Crippen LogP contribution in [0.2, 0.25) is 0 Å². The van der Waals surface area contributed by atoms with E-state index in [0.29, 0.717) is 22.6 Å². The Labute approximate surface area is 248 Å². The van der Waals surface area contributed by atoms with Gasteiger partial charge in [0.1, 0.15) is 22.7 Å². The van der Waals surface area contributed by atoms with Crippen LogP contribution in [0.15, 0.2) is 77.9 Å². The Morgan fingerprint density at radius 3 is 2.41 bits per heavy atom. The Kier molecular flexibility index (Phi) is 7.39. The predicted octanol–water partition coefficient (Wildman–Crippen LogP) is 5.57. The maximum absolute atomic E-state index is 13.9. The van der Waals surface area contributed by atoms with Crippen molar-refractivity contribution in [2.24, 2.45) is 5.92 Å². The summed E-state index contributed by atoms with van der Waals surface area (Å²) < 4.78 is 61.2. The van der Waals surface area contributed by atoms with E-state index in [1.54, 1.807) is 19.9 Å². The number of carbonyl (C=O) groups excluding carboxylic acids is 1. The fourth-order valence-corrected chi connectivity index (χ4v) is 5.28. The third-order valence-corrected chi connectivity index (χ3v) is 7.82. The summed E-state index contributed by atoms with van der Waals surface area (Å²) in [5, 5.41) is 4.43. The Hall–Kier alpha value is -5.07. The monoisotopic (exact) mass is 606 g/mol. The van der Waals surface area contributed by atoms with E-state index in [1.165, 1.54) is 71.9 Å². The molecule has 1 N–H and O–H groups in total. The lowest BCUT2D eigenvalue weighted by Gasteiger charge is -2.45. The molecule has 1 aliphatic rings. The molecule has 13 heteroatoms. The number of rotatable bonds is 7. The number of aromatic nitrogens is 5. The fraction of sp³-hybridized carbons (Fsp3) is 0.258. The average molecular weight is 607 g/mol.